The molecule has 2 heterocycles. The Kier molecular flexibility index (Phi) is 10.3. The van der Waals surface area contributed by atoms with Crippen LogP contribution in [0.15, 0.2) is 66.9 Å². The smallest absolute Gasteiger partial charge is 0.152 e. The van der Waals surface area contributed by atoms with Gasteiger partial charge in [-0.15, -0.1) is 0 Å². The van der Waals surface area contributed by atoms with Crippen molar-refractivity contribution >= 4 is 39.9 Å². The number of carbonyl (C=O) groups excluding carboxylic acids is 1. The number of piperazine rings is 1. The maximum absolute atomic E-state index is 13.8. The summed E-state index contributed by atoms with van der Waals surface area (Å²) < 4.78 is 16.1. The van der Waals surface area contributed by atoms with Crippen LogP contribution in [-0.2, 0) is 24.4 Å². The molecule has 1 aliphatic heterocycles. The zero-order valence-corrected chi connectivity index (χ0v) is 27.4. The third kappa shape index (κ3) is 7.64. The molecule has 2 fully saturated rings. The highest BCUT2D eigenvalue weighted by Crippen LogP contribution is 2.33. The van der Waals surface area contributed by atoms with Gasteiger partial charge in [-0.05, 0) is 73.2 Å². The van der Waals surface area contributed by atoms with Crippen molar-refractivity contribution in [1.29, 1.82) is 0 Å². The number of nitrogens with two attached hydrogens (primary N) is 1. The SMILES string of the molecule is NC1(C(=O)CCCCn2cc(-c3ccc(F)cc3)c3cc(CN4CCN(Cc5c(Cl)cccc5Cl)CC4)ccc32)CCCCC1. The second-order valence-corrected chi connectivity index (χ2v) is 13.8. The number of halogens is 3. The third-order valence-electron chi connectivity index (χ3n) is 9.77. The largest absolute Gasteiger partial charge is 0.347 e. The lowest BCUT2D eigenvalue weighted by Crippen LogP contribution is -2.49. The van der Waals surface area contributed by atoms with Crippen LogP contribution in [0, 0.1) is 5.82 Å². The molecule has 0 bridgehead atoms. The molecule has 0 unspecified atom stereocenters. The number of Topliss-reactive ketones (excluding diaryl/α,β-unsaturated/α-hetero) is 1. The van der Waals surface area contributed by atoms with Crippen molar-refractivity contribution in [3.05, 3.63) is 93.8 Å². The zero-order chi connectivity index (χ0) is 31.4. The first-order valence-corrected chi connectivity index (χ1v) is 17.1. The highest BCUT2D eigenvalue weighted by Gasteiger charge is 2.34. The molecule has 1 aliphatic carbocycles. The van der Waals surface area contributed by atoms with E-state index < -0.39 is 5.54 Å². The highest BCUT2D eigenvalue weighted by atomic mass is 35.5. The van der Waals surface area contributed by atoms with E-state index in [0.717, 1.165) is 117 Å². The molecule has 6 rings (SSSR count). The monoisotopic (exact) mass is 648 g/mol. The third-order valence-corrected chi connectivity index (χ3v) is 10.5. The molecule has 8 heteroatoms. The Hall–Kier alpha value is -2.74. The summed E-state index contributed by atoms with van der Waals surface area (Å²) >= 11 is 12.8. The van der Waals surface area contributed by atoms with Crippen LogP contribution in [0.3, 0.4) is 0 Å². The summed E-state index contributed by atoms with van der Waals surface area (Å²) in [4.78, 5) is 17.8. The number of fused-ring (bicyclic) bond motifs is 1. The van der Waals surface area contributed by atoms with Crippen LogP contribution in [0.1, 0.15) is 62.5 Å². The Bertz CT molecular complexity index is 1600. The molecule has 0 radical (unpaired) electrons. The fourth-order valence-corrected chi connectivity index (χ4v) is 7.55. The molecule has 1 saturated carbocycles. The minimum absolute atomic E-state index is 0.227. The van der Waals surface area contributed by atoms with Gasteiger partial charge in [-0.2, -0.15) is 0 Å². The first kappa shape index (κ1) is 32.2. The molecule has 5 nitrogen and oxygen atoms in total. The Balaban J connectivity index is 1.12. The van der Waals surface area contributed by atoms with Crippen molar-refractivity contribution in [2.45, 2.75) is 76.5 Å². The number of hydrogen-bond donors (Lipinski definition) is 1. The lowest BCUT2D eigenvalue weighted by atomic mass is 9.78. The van der Waals surface area contributed by atoms with Crippen molar-refractivity contribution in [1.82, 2.24) is 14.4 Å². The quantitative estimate of drug-likeness (QED) is 0.166. The van der Waals surface area contributed by atoms with Gasteiger partial charge >= 0.3 is 0 Å². The summed E-state index contributed by atoms with van der Waals surface area (Å²) in [6, 6.07) is 19.2. The lowest BCUT2D eigenvalue weighted by molar-refractivity contribution is -0.125. The van der Waals surface area contributed by atoms with Crippen molar-refractivity contribution in [3.8, 4) is 11.1 Å². The van der Waals surface area contributed by atoms with E-state index in [0.29, 0.717) is 6.42 Å². The molecule has 2 aliphatic rings. The van der Waals surface area contributed by atoms with E-state index in [1.807, 2.05) is 30.3 Å². The molecule has 1 saturated heterocycles. The van der Waals surface area contributed by atoms with Crippen LogP contribution >= 0.6 is 23.2 Å². The standard InChI is InChI=1S/C37H43Cl2FN4O/c38-33-7-6-8-34(39)32(33)25-43-21-19-42(20-22-43)24-27-10-15-35-30(23-27)31(28-11-13-29(40)14-12-28)26-44(35)18-5-2-9-36(45)37(41)16-3-1-4-17-37/h6-8,10-15,23,26H,1-5,9,16-22,24-25,41H2. The van der Waals surface area contributed by atoms with Crippen LogP contribution in [0.25, 0.3) is 22.0 Å². The maximum Gasteiger partial charge on any atom is 0.152 e. The summed E-state index contributed by atoms with van der Waals surface area (Å²) in [7, 11) is 0. The average molecular weight is 650 g/mol. The van der Waals surface area contributed by atoms with Crippen LogP contribution in [0.2, 0.25) is 10.0 Å². The summed E-state index contributed by atoms with van der Waals surface area (Å²) in [5.41, 5.74) is 11.4. The number of rotatable bonds is 11. The number of benzene rings is 3. The molecule has 0 amide bonds. The second-order valence-electron chi connectivity index (χ2n) is 12.9. The Labute approximate surface area is 276 Å². The molecule has 1 aromatic heterocycles. The van der Waals surface area contributed by atoms with Crippen LogP contribution in [-0.4, -0.2) is 51.9 Å². The topological polar surface area (TPSA) is 54.5 Å². The number of nitrogens with zero attached hydrogens (tertiary/aromatic N) is 3. The van der Waals surface area contributed by atoms with Gasteiger partial charge in [-0.25, -0.2) is 4.39 Å². The lowest BCUT2D eigenvalue weighted by Gasteiger charge is -2.35. The molecule has 238 valence electrons. The minimum atomic E-state index is -0.611. The van der Waals surface area contributed by atoms with Gasteiger partial charge in [0, 0.05) is 90.5 Å². The van der Waals surface area contributed by atoms with E-state index in [4.69, 9.17) is 28.9 Å². The zero-order valence-electron chi connectivity index (χ0n) is 25.9. The molecule has 2 N–H and O–H groups in total. The van der Waals surface area contributed by atoms with Gasteiger partial charge in [0.05, 0.1) is 5.54 Å². The number of ketones is 1. The number of aryl methyl sites for hydroxylation is 1. The molecule has 0 spiro atoms. The van der Waals surface area contributed by atoms with E-state index in [1.165, 1.54) is 29.5 Å². The summed E-state index contributed by atoms with van der Waals surface area (Å²) in [5, 5.41) is 2.61. The van der Waals surface area contributed by atoms with Gasteiger partial charge in [-0.3, -0.25) is 14.6 Å². The fourth-order valence-electron chi connectivity index (χ4n) is 7.04. The minimum Gasteiger partial charge on any atom is -0.347 e. The Morgan fingerprint density at radius 3 is 2.20 bits per heavy atom. The summed E-state index contributed by atoms with van der Waals surface area (Å²) in [6.07, 6.45) is 9.41. The number of hydrogen-bond acceptors (Lipinski definition) is 4. The van der Waals surface area contributed by atoms with E-state index in [1.54, 1.807) is 0 Å². The van der Waals surface area contributed by atoms with Gasteiger partial charge in [-0.1, -0.05) is 66.7 Å². The normalized spacial score (nSPS) is 17.6. The van der Waals surface area contributed by atoms with Crippen molar-refractivity contribution in [2.75, 3.05) is 26.2 Å². The van der Waals surface area contributed by atoms with E-state index in [9.17, 15) is 9.18 Å². The number of aromatic nitrogens is 1. The fraction of sp³-hybridized carbons (Fsp3) is 0.432. The number of unbranched alkanes of at least 4 members (excludes halogenated alkanes) is 1. The molecule has 4 aromatic rings. The van der Waals surface area contributed by atoms with Gasteiger partial charge in [0.1, 0.15) is 5.82 Å². The van der Waals surface area contributed by atoms with Crippen molar-refractivity contribution in [3.63, 3.8) is 0 Å². The van der Waals surface area contributed by atoms with Crippen molar-refractivity contribution < 1.29 is 9.18 Å². The number of carbonyl (C=O) groups is 1. The first-order valence-electron chi connectivity index (χ1n) is 16.4. The molecule has 3 aromatic carbocycles. The van der Waals surface area contributed by atoms with Crippen LogP contribution in [0.5, 0.6) is 0 Å². The van der Waals surface area contributed by atoms with Gasteiger partial charge < -0.3 is 10.3 Å². The highest BCUT2D eigenvalue weighted by molar-refractivity contribution is 6.36. The Morgan fingerprint density at radius 2 is 1.51 bits per heavy atom. The molecule has 45 heavy (non-hydrogen) atoms. The van der Waals surface area contributed by atoms with Crippen LogP contribution < -0.4 is 5.73 Å². The van der Waals surface area contributed by atoms with E-state index in [-0.39, 0.29) is 11.6 Å². The van der Waals surface area contributed by atoms with E-state index in [2.05, 4.69) is 38.8 Å². The predicted molar refractivity (Wildman–Crippen MR) is 183 cm³/mol. The summed E-state index contributed by atoms with van der Waals surface area (Å²) in [5.74, 6) is -0.0101. The maximum atomic E-state index is 13.8. The molecular weight excluding hydrogens is 606 g/mol. The predicted octanol–water partition coefficient (Wildman–Crippen LogP) is 8.47. The average Bonchev–Trinajstić information content (AvgIpc) is 3.40. The van der Waals surface area contributed by atoms with Crippen molar-refractivity contribution in [2.24, 2.45) is 5.73 Å². The molecular formula is C37H43Cl2FN4O. The van der Waals surface area contributed by atoms with Crippen LogP contribution in [0.4, 0.5) is 4.39 Å². The van der Waals surface area contributed by atoms with Gasteiger partial charge in [0.15, 0.2) is 5.78 Å². The second kappa shape index (κ2) is 14.4. The van der Waals surface area contributed by atoms with Gasteiger partial charge in [0.2, 0.25) is 0 Å². The Morgan fingerprint density at radius 1 is 0.844 bits per heavy atom. The van der Waals surface area contributed by atoms with E-state index >= 15 is 0 Å². The first-order chi connectivity index (χ1) is 21.8. The molecule has 0 atom stereocenters. The van der Waals surface area contributed by atoms with Gasteiger partial charge in [0.25, 0.3) is 0 Å². The summed E-state index contributed by atoms with van der Waals surface area (Å²) in [6.45, 7) is 6.29.